The van der Waals surface area contributed by atoms with E-state index in [4.69, 9.17) is 21.1 Å². The Bertz CT molecular complexity index is 500. The highest BCUT2D eigenvalue weighted by molar-refractivity contribution is 6.30. The van der Waals surface area contributed by atoms with Gasteiger partial charge in [-0.05, 0) is 50.6 Å². The molecule has 1 aliphatic rings. The number of halogens is 1. The first-order chi connectivity index (χ1) is 11.6. The molecule has 1 N–H and O–H groups in total. The molecule has 1 unspecified atom stereocenters. The number of carbonyl (C=O) groups excluding carboxylic acids is 1. The Morgan fingerprint density at radius 1 is 1.33 bits per heavy atom. The van der Waals surface area contributed by atoms with E-state index in [1.807, 2.05) is 31.2 Å². The van der Waals surface area contributed by atoms with Gasteiger partial charge in [0.15, 0.2) is 0 Å². The van der Waals surface area contributed by atoms with E-state index in [1.165, 1.54) is 0 Å². The predicted octanol–water partition coefficient (Wildman–Crippen LogP) is 2.49. The first-order valence-electron chi connectivity index (χ1n) is 8.47. The maximum Gasteiger partial charge on any atom is 0.309 e. The predicted molar refractivity (Wildman–Crippen MR) is 92.9 cm³/mol. The number of aliphatic hydroxyl groups excluding tert-OH is 1. The zero-order chi connectivity index (χ0) is 17.4. The van der Waals surface area contributed by atoms with E-state index in [0.717, 1.165) is 31.5 Å². The van der Waals surface area contributed by atoms with Crippen molar-refractivity contribution in [3.63, 3.8) is 0 Å². The highest BCUT2D eigenvalue weighted by Crippen LogP contribution is 2.19. The molecular formula is C18H26ClNO4. The Balaban J connectivity index is 1.62. The molecule has 1 aromatic rings. The third-order valence-electron chi connectivity index (χ3n) is 4.17. The average molecular weight is 356 g/mol. The van der Waals surface area contributed by atoms with E-state index in [0.29, 0.717) is 31.4 Å². The molecule has 0 amide bonds. The average Bonchev–Trinajstić information content (AvgIpc) is 2.57. The normalized spacial score (nSPS) is 17.6. The highest BCUT2D eigenvalue weighted by Gasteiger charge is 2.26. The van der Waals surface area contributed by atoms with Crippen molar-refractivity contribution in [2.24, 2.45) is 5.92 Å². The largest absolute Gasteiger partial charge is 0.466 e. The molecule has 24 heavy (non-hydrogen) atoms. The van der Waals surface area contributed by atoms with Crippen LogP contribution in [0.15, 0.2) is 24.3 Å². The van der Waals surface area contributed by atoms with Crippen molar-refractivity contribution in [1.82, 2.24) is 4.90 Å². The minimum atomic E-state index is -0.531. The molecule has 1 saturated heterocycles. The molecule has 5 nitrogen and oxygen atoms in total. The van der Waals surface area contributed by atoms with E-state index >= 15 is 0 Å². The van der Waals surface area contributed by atoms with Gasteiger partial charge in [-0.15, -0.1) is 0 Å². The molecule has 134 valence electrons. The lowest BCUT2D eigenvalue weighted by molar-refractivity contribution is -0.149. The van der Waals surface area contributed by atoms with Crippen LogP contribution in [0.2, 0.25) is 5.02 Å². The molecule has 0 saturated carbocycles. The fourth-order valence-corrected chi connectivity index (χ4v) is 2.98. The van der Waals surface area contributed by atoms with Crippen molar-refractivity contribution in [3.05, 3.63) is 34.9 Å². The van der Waals surface area contributed by atoms with Gasteiger partial charge in [0.2, 0.25) is 0 Å². The maximum absolute atomic E-state index is 11.7. The lowest BCUT2D eigenvalue weighted by atomic mass is 9.97. The Labute approximate surface area is 148 Å². The van der Waals surface area contributed by atoms with Gasteiger partial charge in [0.1, 0.15) is 0 Å². The van der Waals surface area contributed by atoms with Gasteiger partial charge >= 0.3 is 5.97 Å². The zero-order valence-corrected chi connectivity index (χ0v) is 14.9. The molecule has 0 radical (unpaired) electrons. The minimum Gasteiger partial charge on any atom is -0.466 e. The van der Waals surface area contributed by atoms with Crippen molar-refractivity contribution >= 4 is 17.6 Å². The second kappa shape index (κ2) is 9.99. The third-order valence-corrected chi connectivity index (χ3v) is 4.42. The lowest BCUT2D eigenvalue weighted by Gasteiger charge is -2.32. The molecule has 0 bridgehead atoms. The van der Waals surface area contributed by atoms with Crippen molar-refractivity contribution in [2.75, 3.05) is 32.8 Å². The van der Waals surface area contributed by atoms with Crippen LogP contribution in [0.1, 0.15) is 25.3 Å². The number of benzene rings is 1. The Morgan fingerprint density at radius 3 is 2.62 bits per heavy atom. The SMILES string of the molecule is CCOC(=O)C1CCN(CC(O)COCc2ccc(Cl)cc2)CC1. The molecule has 0 spiro atoms. The van der Waals surface area contributed by atoms with E-state index < -0.39 is 6.10 Å². The van der Waals surface area contributed by atoms with E-state index in [2.05, 4.69) is 4.90 Å². The van der Waals surface area contributed by atoms with E-state index in [1.54, 1.807) is 0 Å². The van der Waals surface area contributed by atoms with Crippen LogP contribution in [0.4, 0.5) is 0 Å². The lowest BCUT2D eigenvalue weighted by Crippen LogP contribution is -2.41. The second-order valence-electron chi connectivity index (χ2n) is 6.12. The van der Waals surface area contributed by atoms with Crippen molar-refractivity contribution in [3.8, 4) is 0 Å². The Kier molecular flexibility index (Phi) is 7.99. The molecule has 2 rings (SSSR count). The molecule has 1 fully saturated rings. The summed E-state index contributed by atoms with van der Waals surface area (Å²) in [6.07, 6.45) is 1.05. The number of rotatable bonds is 8. The van der Waals surface area contributed by atoms with Gasteiger partial charge in [0, 0.05) is 11.6 Å². The number of nitrogens with zero attached hydrogens (tertiary/aromatic N) is 1. The summed E-state index contributed by atoms with van der Waals surface area (Å²) < 4.78 is 10.6. The number of hydrogen-bond donors (Lipinski definition) is 1. The summed E-state index contributed by atoms with van der Waals surface area (Å²) in [5, 5.41) is 10.8. The smallest absolute Gasteiger partial charge is 0.309 e. The summed E-state index contributed by atoms with van der Waals surface area (Å²) in [5.74, 6) is -0.0940. The summed E-state index contributed by atoms with van der Waals surface area (Å²) in [6.45, 7) is 5.18. The molecule has 0 aromatic heterocycles. The number of hydrogen-bond acceptors (Lipinski definition) is 5. The van der Waals surface area contributed by atoms with Crippen LogP contribution in [0.25, 0.3) is 0 Å². The molecular weight excluding hydrogens is 330 g/mol. The summed E-state index contributed by atoms with van der Waals surface area (Å²) >= 11 is 5.84. The van der Waals surface area contributed by atoms with Crippen LogP contribution in [-0.4, -0.2) is 54.9 Å². The van der Waals surface area contributed by atoms with Gasteiger partial charge in [-0.2, -0.15) is 0 Å². The monoisotopic (exact) mass is 355 g/mol. The Hall–Kier alpha value is -1.14. The fourth-order valence-electron chi connectivity index (χ4n) is 2.86. The number of esters is 1. The number of piperidine rings is 1. The number of aliphatic hydroxyl groups is 1. The number of ether oxygens (including phenoxy) is 2. The molecule has 1 heterocycles. The van der Waals surface area contributed by atoms with Crippen LogP contribution in [-0.2, 0) is 20.9 Å². The minimum absolute atomic E-state index is 0.000465. The summed E-state index contributed by atoms with van der Waals surface area (Å²) in [4.78, 5) is 13.9. The van der Waals surface area contributed by atoms with Crippen LogP contribution >= 0.6 is 11.6 Å². The van der Waals surface area contributed by atoms with Gasteiger partial charge in [0.25, 0.3) is 0 Å². The standard InChI is InChI=1S/C18H26ClNO4/c1-2-24-18(22)15-7-9-20(10-8-15)11-17(21)13-23-12-14-3-5-16(19)6-4-14/h3-6,15,17,21H,2,7-13H2,1H3. The first kappa shape index (κ1) is 19.2. The number of likely N-dealkylation sites (tertiary alicyclic amines) is 1. The zero-order valence-electron chi connectivity index (χ0n) is 14.1. The van der Waals surface area contributed by atoms with Crippen molar-refractivity contribution < 1.29 is 19.4 Å². The fraction of sp³-hybridized carbons (Fsp3) is 0.611. The Morgan fingerprint density at radius 2 is 2.00 bits per heavy atom. The third kappa shape index (κ3) is 6.40. The van der Waals surface area contributed by atoms with Crippen LogP contribution in [0.3, 0.4) is 0 Å². The summed E-state index contributed by atoms with van der Waals surface area (Å²) in [7, 11) is 0. The van der Waals surface area contributed by atoms with Gasteiger partial charge in [0.05, 0.1) is 31.8 Å². The van der Waals surface area contributed by atoms with Crippen LogP contribution in [0, 0.1) is 5.92 Å². The van der Waals surface area contributed by atoms with Gasteiger partial charge in [-0.3, -0.25) is 4.79 Å². The topological polar surface area (TPSA) is 59.0 Å². The second-order valence-corrected chi connectivity index (χ2v) is 6.56. The van der Waals surface area contributed by atoms with Gasteiger partial charge in [-0.1, -0.05) is 23.7 Å². The maximum atomic E-state index is 11.7. The van der Waals surface area contributed by atoms with Gasteiger partial charge < -0.3 is 19.5 Å². The highest BCUT2D eigenvalue weighted by atomic mass is 35.5. The van der Waals surface area contributed by atoms with E-state index in [-0.39, 0.29) is 11.9 Å². The number of β-amino-alcohol motifs (C(OH)–C–C–N with tert-alkyl or cyclic N) is 1. The summed E-state index contributed by atoms with van der Waals surface area (Å²) in [5.41, 5.74) is 1.03. The quantitative estimate of drug-likeness (QED) is 0.726. The molecule has 1 atom stereocenters. The molecule has 0 aliphatic carbocycles. The summed E-state index contributed by atoms with van der Waals surface area (Å²) in [6, 6.07) is 7.47. The van der Waals surface area contributed by atoms with Crippen LogP contribution in [0.5, 0.6) is 0 Å². The molecule has 1 aromatic carbocycles. The van der Waals surface area contributed by atoms with Gasteiger partial charge in [-0.25, -0.2) is 0 Å². The van der Waals surface area contributed by atoms with Crippen molar-refractivity contribution in [1.29, 1.82) is 0 Å². The molecule has 6 heteroatoms. The van der Waals surface area contributed by atoms with E-state index in [9.17, 15) is 9.90 Å². The number of carbonyl (C=O) groups is 1. The first-order valence-corrected chi connectivity index (χ1v) is 8.85. The molecule has 1 aliphatic heterocycles. The van der Waals surface area contributed by atoms with Crippen LogP contribution < -0.4 is 0 Å². The van der Waals surface area contributed by atoms with Crippen molar-refractivity contribution in [2.45, 2.75) is 32.5 Å².